The molecule has 106 valence electrons. The SMILES string of the molecule is CC[C@@H]1C(=O)N[C@H]1C.CC[C@H](C(C)=O)[C@H](C)NC. The van der Waals surface area contributed by atoms with E-state index in [0.717, 1.165) is 12.8 Å². The predicted octanol–water partition coefficient (Wildman–Crippen LogP) is 1.74. The minimum absolute atomic E-state index is 0.185. The van der Waals surface area contributed by atoms with E-state index in [0.29, 0.717) is 18.0 Å². The Balaban J connectivity index is 0.000000327. The second kappa shape index (κ2) is 8.25. The Labute approximate surface area is 111 Å². The smallest absolute Gasteiger partial charge is 0.225 e. The topological polar surface area (TPSA) is 58.2 Å². The lowest BCUT2D eigenvalue weighted by atomic mass is 9.90. The summed E-state index contributed by atoms with van der Waals surface area (Å²) >= 11 is 0. The van der Waals surface area contributed by atoms with Crippen molar-refractivity contribution in [3.05, 3.63) is 0 Å². The van der Waals surface area contributed by atoms with Gasteiger partial charge in [0.15, 0.2) is 0 Å². The lowest BCUT2D eigenvalue weighted by Crippen LogP contribution is -2.55. The number of hydrogen-bond acceptors (Lipinski definition) is 3. The van der Waals surface area contributed by atoms with Crippen LogP contribution in [0, 0.1) is 11.8 Å². The molecule has 4 nitrogen and oxygen atoms in total. The lowest BCUT2D eigenvalue weighted by Gasteiger charge is -2.33. The molecule has 0 aromatic heterocycles. The average Bonchev–Trinajstić information content (AvgIpc) is 2.30. The monoisotopic (exact) mass is 256 g/mol. The molecule has 1 aliphatic rings. The molecule has 0 saturated carbocycles. The molecule has 18 heavy (non-hydrogen) atoms. The molecule has 4 heteroatoms. The summed E-state index contributed by atoms with van der Waals surface area (Å²) in [5, 5.41) is 5.84. The quantitative estimate of drug-likeness (QED) is 0.737. The van der Waals surface area contributed by atoms with Gasteiger partial charge in [0.25, 0.3) is 0 Å². The Morgan fingerprint density at radius 3 is 2.11 bits per heavy atom. The number of Topliss-reactive ketones (excluding diaryl/α,β-unsaturated/α-hetero) is 1. The van der Waals surface area contributed by atoms with Crippen LogP contribution in [-0.4, -0.2) is 30.8 Å². The molecule has 1 rings (SSSR count). The van der Waals surface area contributed by atoms with Crippen molar-refractivity contribution in [3.8, 4) is 0 Å². The Hall–Kier alpha value is -0.900. The van der Waals surface area contributed by atoms with Crippen molar-refractivity contribution in [2.45, 2.75) is 59.5 Å². The molecule has 0 unspecified atom stereocenters. The minimum atomic E-state index is 0.185. The first-order chi connectivity index (χ1) is 8.38. The van der Waals surface area contributed by atoms with E-state index >= 15 is 0 Å². The summed E-state index contributed by atoms with van der Waals surface area (Å²) in [6, 6.07) is 0.731. The van der Waals surface area contributed by atoms with E-state index in [1.165, 1.54) is 0 Å². The number of carbonyl (C=O) groups excluding carboxylic acids is 2. The summed E-state index contributed by atoms with van der Waals surface area (Å²) in [6.45, 7) is 9.81. The van der Waals surface area contributed by atoms with Crippen LogP contribution in [0.1, 0.15) is 47.5 Å². The highest BCUT2D eigenvalue weighted by Crippen LogP contribution is 2.16. The molecule has 0 radical (unpaired) electrons. The Morgan fingerprint density at radius 2 is 2.00 bits per heavy atom. The largest absolute Gasteiger partial charge is 0.353 e. The predicted molar refractivity (Wildman–Crippen MR) is 74.4 cm³/mol. The maximum absolute atomic E-state index is 10.9. The molecule has 4 atom stereocenters. The zero-order valence-electron chi connectivity index (χ0n) is 12.5. The van der Waals surface area contributed by atoms with Crippen LogP contribution in [0.3, 0.4) is 0 Å². The molecule has 1 saturated heterocycles. The van der Waals surface area contributed by atoms with Gasteiger partial charge < -0.3 is 10.6 Å². The molecule has 0 aromatic carbocycles. The number of hydrogen-bond donors (Lipinski definition) is 2. The van der Waals surface area contributed by atoms with Gasteiger partial charge in [-0.2, -0.15) is 0 Å². The van der Waals surface area contributed by atoms with Crippen molar-refractivity contribution >= 4 is 11.7 Å². The molecule has 1 fully saturated rings. The first-order valence-electron chi connectivity index (χ1n) is 6.87. The van der Waals surface area contributed by atoms with Gasteiger partial charge in [-0.15, -0.1) is 0 Å². The number of amides is 1. The molecule has 1 heterocycles. The third kappa shape index (κ3) is 4.77. The normalized spacial score (nSPS) is 25.1. The number of carbonyl (C=O) groups is 2. The number of nitrogens with one attached hydrogen (secondary N) is 2. The van der Waals surface area contributed by atoms with Crippen molar-refractivity contribution in [1.82, 2.24) is 10.6 Å². The highest BCUT2D eigenvalue weighted by atomic mass is 16.2. The molecule has 2 N–H and O–H groups in total. The van der Waals surface area contributed by atoms with E-state index in [4.69, 9.17) is 0 Å². The number of ketones is 1. The molecule has 0 aromatic rings. The second-order valence-electron chi connectivity index (χ2n) is 5.01. The van der Waals surface area contributed by atoms with Crippen LogP contribution in [0.5, 0.6) is 0 Å². The van der Waals surface area contributed by atoms with Crippen LogP contribution in [0.15, 0.2) is 0 Å². The van der Waals surface area contributed by atoms with Gasteiger partial charge in [0, 0.05) is 18.0 Å². The minimum Gasteiger partial charge on any atom is -0.353 e. The third-order valence-electron chi connectivity index (χ3n) is 3.77. The van der Waals surface area contributed by atoms with Gasteiger partial charge in [-0.1, -0.05) is 13.8 Å². The van der Waals surface area contributed by atoms with Crippen LogP contribution in [0.2, 0.25) is 0 Å². The Bertz CT molecular complexity index is 279. The van der Waals surface area contributed by atoms with E-state index < -0.39 is 0 Å². The van der Waals surface area contributed by atoms with Crippen LogP contribution in [-0.2, 0) is 9.59 Å². The molecule has 1 aliphatic heterocycles. The summed E-state index contributed by atoms with van der Waals surface area (Å²) in [4.78, 5) is 21.5. The zero-order chi connectivity index (χ0) is 14.3. The van der Waals surface area contributed by atoms with Gasteiger partial charge in [0.1, 0.15) is 5.78 Å². The van der Waals surface area contributed by atoms with Crippen molar-refractivity contribution in [3.63, 3.8) is 0 Å². The van der Waals surface area contributed by atoms with E-state index in [-0.39, 0.29) is 17.6 Å². The van der Waals surface area contributed by atoms with Gasteiger partial charge in [-0.05, 0) is 40.7 Å². The van der Waals surface area contributed by atoms with Gasteiger partial charge in [-0.3, -0.25) is 9.59 Å². The van der Waals surface area contributed by atoms with Crippen molar-refractivity contribution in [1.29, 1.82) is 0 Å². The van der Waals surface area contributed by atoms with Crippen molar-refractivity contribution in [2.75, 3.05) is 7.05 Å². The highest BCUT2D eigenvalue weighted by Gasteiger charge is 2.33. The highest BCUT2D eigenvalue weighted by molar-refractivity contribution is 5.85. The Kier molecular flexibility index (Phi) is 7.83. The molecular weight excluding hydrogens is 228 g/mol. The number of rotatable bonds is 5. The van der Waals surface area contributed by atoms with Crippen molar-refractivity contribution < 1.29 is 9.59 Å². The fraction of sp³-hybridized carbons (Fsp3) is 0.857. The summed E-state index contributed by atoms with van der Waals surface area (Å²) in [6.07, 6.45) is 1.91. The van der Waals surface area contributed by atoms with Gasteiger partial charge in [0.2, 0.25) is 5.91 Å². The van der Waals surface area contributed by atoms with Crippen LogP contribution >= 0.6 is 0 Å². The maximum Gasteiger partial charge on any atom is 0.225 e. The second-order valence-corrected chi connectivity index (χ2v) is 5.01. The molecule has 1 amide bonds. The summed E-state index contributed by atoms with van der Waals surface area (Å²) < 4.78 is 0. The molecular formula is C14H28N2O2. The first kappa shape index (κ1) is 17.1. The molecule has 0 bridgehead atoms. The zero-order valence-corrected chi connectivity index (χ0v) is 12.5. The summed E-state index contributed by atoms with van der Waals surface area (Å²) in [5.74, 6) is 0.990. The summed E-state index contributed by atoms with van der Waals surface area (Å²) in [5.41, 5.74) is 0. The number of β-lactam (4-membered cyclic amide) rings is 1. The molecule has 0 spiro atoms. The van der Waals surface area contributed by atoms with Crippen LogP contribution in [0.25, 0.3) is 0 Å². The first-order valence-corrected chi connectivity index (χ1v) is 6.87. The third-order valence-corrected chi connectivity index (χ3v) is 3.77. The maximum atomic E-state index is 10.9. The van der Waals surface area contributed by atoms with Gasteiger partial charge in [-0.25, -0.2) is 0 Å². The van der Waals surface area contributed by atoms with E-state index in [1.807, 2.05) is 34.7 Å². The van der Waals surface area contributed by atoms with Gasteiger partial charge in [0.05, 0.1) is 5.92 Å². The summed E-state index contributed by atoms with van der Waals surface area (Å²) in [7, 11) is 1.89. The fourth-order valence-corrected chi connectivity index (χ4v) is 2.30. The van der Waals surface area contributed by atoms with Crippen LogP contribution < -0.4 is 10.6 Å². The fourth-order valence-electron chi connectivity index (χ4n) is 2.30. The standard InChI is InChI=1S/C8H17NO.C6H11NO/c1-5-8(7(3)10)6(2)9-4;1-3-5-4(2)7-6(5)8/h6,8-9H,5H2,1-4H3;4-5H,3H2,1-2H3,(H,7,8)/t6-,8-;4-,5-/m00/s1. The van der Waals surface area contributed by atoms with Crippen molar-refractivity contribution in [2.24, 2.45) is 11.8 Å². The Morgan fingerprint density at radius 1 is 1.44 bits per heavy atom. The van der Waals surface area contributed by atoms with Crippen LogP contribution in [0.4, 0.5) is 0 Å². The van der Waals surface area contributed by atoms with Gasteiger partial charge >= 0.3 is 0 Å². The van der Waals surface area contributed by atoms with E-state index in [1.54, 1.807) is 6.92 Å². The van der Waals surface area contributed by atoms with E-state index in [9.17, 15) is 9.59 Å². The lowest BCUT2D eigenvalue weighted by molar-refractivity contribution is -0.134. The van der Waals surface area contributed by atoms with E-state index in [2.05, 4.69) is 10.6 Å². The average molecular weight is 256 g/mol. The molecule has 0 aliphatic carbocycles.